The Morgan fingerprint density at radius 1 is 0.939 bits per heavy atom. The number of hydrogen-bond donors (Lipinski definition) is 1. The van der Waals surface area contributed by atoms with Gasteiger partial charge in [0.15, 0.2) is 21.7 Å². The van der Waals surface area contributed by atoms with Crippen molar-refractivity contribution in [1.29, 1.82) is 0 Å². The van der Waals surface area contributed by atoms with E-state index in [1.165, 1.54) is 0 Å². The van der Waals surface area contributed by atoms with Gasteiger partial charge in [0.2, 0.25) is 6.79 Å². The molecule has 1 saturated heterocycles. The van der Waals surface area contributed by atoms with Crippen LogP contribution in [0.25, 0.3) is 0 Å². The van der Waals surface area contributed by atoms with Gasteiger partial charge in [-0.1, -0.05) is 36.0 Å². The standard InChI is InChI=1S/C25H19N3O3S2/c32-25-27-23(18-8-4-5-13-26-18)24(28(25)16-9-10-19-21(14-16)30-15-29-19)20-11-12-22(31-20)33-17-6-2-1-3-7-17/h1-14,23-24H,15H2,(H,27,32)/t23-,24-/m0/s1. The van der Waals surface area contributed by atoms with Crippen LogP contribution in [0.1, 0.15) is 23.5 Å². The summed E-state index contributed by atoms with van der Waals surface area (Å²) in [7, 11) is 0. The van der Waals surface area contributed by atoms with E-state index in [1.807, 2.05) is 66.7 Å². The molecule has 1 N–H and O–H groups in total. The Kier molecular flexibility index (Phi) is 5.16. The fraction of sp³-hybridized carbons (Fsp3) is 0.120. The number of anilines is 1. The van der Waals surface area contributed by atoms with Crippen molar-refractivity contribution < 1.29 is 13.9 Å². The van der Waals surface area contributed by atoms with Crippen LogP contribution in [0, 0.1) is 0 Å². The normalized spacial score (nSPS) is 19.0. The summed E-state index contributed by atoms with van der Waals surface area (Å²) in [5.41, 5.74) is 1.79. The minimum Gasteiger partial charge on any atom is -0.454 e. The maximum absolute atomic E-state index is 6.35. The van der Waals surface area contributed by atoms with Gasteiger partial charge in [0.1, 0.15) is 11.8 Å². The Labute approximate surface area is 200 Å². The van der Waals surface area contributed by atoms with E-state index in [0.29, 0.717) is 10.9 Å². The quantitative estimate of drug-likeness (QED) is 0.369. The molecular weight excluding hydrogens is 454 g/mol. The predicted octanol–water partition coefficient (Wildman–Crippen LogP) is 5.73. The van der Waals surface area contributed by atoms with Gasteiger partial charge in [0.25, 0.3) is 0 Å². The number of furan rings is 1. The van der Waals surface area contributed by atoms with Gasteiger partial charge < -0.3 is 24.1 Å². The van der Waals surface area contributed by atoms with E-state index >= 15 is 0 Å². The van der Waals surface area contributed by atoms with Gasteiger partial charge >= 0.3 is 0 Å². The van der Waals surface area contributed by atoms with E-state index in [4.69, 9.17) is 26.1 Å². The number of rotatable bonds is 5. The zero-order chi connectivity index (χ0) is 22.2. The molecule has 4 heterocycles. The molecule has 2 aromatic heterocycles. The van der Waals surface area contributed by atoms with Crippen molar-refractivity contribution in [2.45, 2.75) is 22.1 Å². The lowest BCUT2D eigenvalue weighted by Gasteiger charge is -2.26. The van der Waals surface area contributed by atoms with Crippen LogP contribution in [0.2, 0.25) is 0 Å². The van der Waals surface area contributed by atoms with Gasteiger partial charge in [-0.2, -0.15) is 0 Å². The zero-order valence-corrected chi connectivity index (χ0v) is 19.0. The van der Waals surface area contributed by atoms with Crippen LogP contribution in [-0.4, -0.2) is 16.9 Å². The average Bonchev–Trinajstić information content (AvgIpc) is 3.58. The molecule has 0 saturated carbocycles. The molecule has 6 nitrogen and oxygen atoms in total. The summed E-state index contributed by atoms with van der Waals surface area (Å²) in [6.45, 7) is 0.222. The predicted molar refractivity (Wildman–Crippen MR) is 130 cm³/mol. The van der Waals surface area contributed by atoms with E-state index in [2.05, 4.69) is 27.3 Å². The number of fused-ring (bicyclic) bond motifs is 1. The lowest BCUT2D eigenvalue weighted by Crippen LogP contribution is -2.29. The van der Waals surface area contributed by atoms with Crippen molar-refractivity contribution >= 4 is 34.8 Å². The highest BCUT2D eigenvalue weighted by atomic mass is 32.2. The fourth-order valence-electron chi connectivity index (χ4n) is 4.11. The molecule has 4 aromatic rings. The van der Waals surface area contributed by atoms with Crippen LogP contribution in [0.5, 0.6) is 11.5 Å². The van der Waals surface area contributed by atoms with E-state index in [9.17, 15) is 0 Å². The van der Waals surface area contributed by atoms with Crippen LogP contribution in [0.3, 0.4) is 0 Å². The molecule has 0 bridgehead atoms. The topological polar surface area (TPSA) is 59.8 Å². The number of pyridine rings is 1. The second kappa shape index (κ2) is 8.46. The van der Waals surface area contributed by atoms with Gasteiger partial charge in [-0.3, -0.25) is 4.98 Å². The Morgan fingerprint density at radius 3 is 2.64 bits per heavy atom. The Bertz CT molecular complexity index is 1300. The minimum atomic E-state index is -0.224. The first-order chi connectivity index (χ1) is 16.3. The number of nitrogens with zero attached hydrogens (tertiary/aromatic N) is 2. The molecule has 1 fully saturated rings. The number of ether oxygens (including phenoxy) is 2. The maximum atomic E-state index is 6.35. The molecule has 0 aliphatic carbocycles. The van der Waals surface area contributed by atoms with Crippen LogP contribution >= 0.6 is 24.0 Å². The van der Waals surface area contributed by atoms with E-state index in [0.717, 1.165) is 32.9 Å². The molecule has 2 aromatic carbocycles. The molecular formula is C25H19N3O3S2. The number of thiocarbonyl (C=S) groups is 1. The summed E-state index contributed by atoms with van der Waals surface area (Å²) in [6.07, 6.45) is 1.79. The van der Waals surface area contributed by atoms with Crippen molar-refractivity contribution in [3.05, 3.63) is 96.5 Å². The first-order valence-electron chi connectivity index (χ1n) is 10.5. The molecule has 164 valence electrons. The molecule has 0 spiro atoms. The largest absolute Gasteiger partial charge is 0.454 e. The Hall–Kier alpha value is -3.49. The van der Waals surface area contributed by atoms with Crippen molar-refractivity contribution in [1.82, 2.24) is 10.3 Å². The highest BCUT2D eigenvalue weighted by Gasteiger charge is 2.43. The molecule has 2 aliphatic heterocycles. The summed E-state index contributed by atoms with van der Waals surface area (Å²) in [5.74, 6) is 2.23. The first-order valence-corrected chi connectivity index (χ1v) is 11.7. The van der Waals surface area contributed by atoms with Crippen LogP contribution < -0.4 is 19.7 Å². The third-order valence-electron chi connectivity index (χ3n) is 5.59. The molecule has 6 rings (SSSR count). The second-order valence-electron chi connectivity index (χ2n) is 7.61. The molecule has 0 unspecified atom stereocenters. The number of benzene rings is 2. The van der Waals surface area contributed by atoms with Crippen molar-refractivity contribution in [3.63, 3.8) is 0 Å². The number of nitrogens with one attached hydrogen (secondary N) is 1. The van der Waals surface area contributed by atoms with Crippen LogP contribution in [0.4, 0.5) is 5.69 Å². The number of aromatic nitrogens is 1. The fourth-order valence-corrected chi connectivity index (χ4v) is 5.26. The molecule has 0 amide bonds. The molecule has 0 radical (unpaired) electrons. The molecule has 8 heteroatoms. The third-order valence-corrected chi connectivity index (χ3v) is 6.83. The van der Waals surface area contributed by atoms with Gasteiger partial charge in [-0.05, 0) is 60.7 Å². The van der Waals surface area contributed by atoms with Gasteiger partial charge in [0, 0.05) is 22.8 Å². The van der Waals surface area contributed by atoms with Gasteiger partial charge in [-0.15, -0.1) is 0 Å². The monoisotopic (exact) mass is 473 g/mol. The summed E-state index contributed by atoms with van der Waals surface area (Å²) in [4.78, 5) is 7.77. The van der Waals surface area contributed by atoms with Gasteiger partial charge in [-0.25, -0.2) is 0 Å². The molecule has 2 aliphatic rings. The number of hydrogen-bond acceptors (Lipinski definition) is 6. The zero-order valence-electron chi connectivity index (χ0n) is 17.4. The van der Waals surface area contributed by atoms with Crippen molar-refractivity contribution in [2.24, 2.45) is 0 Å². The average molecular weight is 474 g/mol. The SMILES string of the molecule is S=C1N[C@@H](c2ccccn2)[C@H](c2ccc(Sc3ccccc3)o2)N1c1ccc2c(c1)OCO2. The van der Waals surface area contributed by atoms with Crippen molar-refractivity contribution in [2.75, 3.05) is 11.7 Å². The van der Waals surface area contributed by atoms with E-state index in [1.54, 1.807) is 18.0 Å². The third kappa shape index (κ3) is 3.81. The molecule has 2 atom stereocenters. The first kappa shape index (κ1) is 20.1. The Morgan fingerprint density at radius 2 is 1.79 bits per heavy atom. The summed E-state index contributed by atoms with van der Waals surface area (Å²) in [6, 6.07) is 25.5. The second-order valence-corrected chi connectivity index (χ2v) is 9.07. The smallest absolute Gasteiger partial charge is 0.231 e. The van der Waals surface area contributed by atoms with Gasteiger partial charge in [0.05, 0.1) is 11.7 Å². The summed E-state index contributed by atoms with van der Waals surface area (Å²) < 4.78 is 17.4. The Balaban J connectivity index is 1.39. The van der Waals surface area contributed by atoms with E-state index in [-0.39, 0.29) is 18.9 Å². The van der Waals surface area contributed by atoms with Crippen LogP contribution in [0.15, 0.2) is 99.5 Å². The minimum absolute atomic E-state index is 0.176. The van der Waals surface area contributed by atoms with Crippen LogP contribution in [-0.2, 0) is 0 Å². The summed E-state index contributed by atoms with van der Waals surface area (Å²) in [5, 5.41) is 4.87. The summed E-state index contributed by atoms with van der Waals surface area (Å²) >= 11 is 7.37. The highest BCUT2D eigenvalue weighted by molar-refractivity contribution is 7.99. The molecule has 33 heavy (non-hydrogen) atoms. The lowest BCUT2D eigenvalue weighted by atomic mass is 10.0. The maximum Gasteiger partial charge on any atom is 0.231 e. The van der Waals surface area contributed by atoms with E-state index < -0.39 is 0 Å². The van der Waals surface area contributed by atoms with Crippen molar-refractivity contribution in [3.8, 4) is 11.5 Å². The lowest BCUT2D eigenvalue weighted by molar-refractivity contribution is 0.174. The highest BCUT2D eigenvalue weighted by Crippen LogP contribution is 2.45.